The minimum Gasteiger partial charge on any atom is -0.493 e. The number of thiocarbonyl (C=S) groups is 1. The van der Waals surface area contributed by atoms with Gasteiger partial charge >= 0.3 is 0 Å². The average molecular weight is 464 g/mol. The zero-order valence-electron chi connectivity index (χ0n) is 18.5. The molecule has 2 heterocycles. The molecule has 1 saturated heterocycles. The Labute approximate surface area is 198 Å². The maximum Gasteiger partial charge on any atom is 0.265 e. The smallest absolute Gasteiger partial charge is 0.265 e. The average Bonchev–Trinajstić information content (AvgIpc) is 3.30. The third-order valence-electron chi connectivity index (χ3n) is 5.07. The maximum atomic E-state index is 12.6. The first-order valence-corrected chi connectivity index (χ1v) is 11.7. The predicted molar refractivity (Wildman–Crippen MR) is 135 cm³/mol. The third kappa shape index (κ3) is 4.64. The normalized spacial score (nSPS) is 15.3. The SMILES string of the molecule is Cc1cc(OCC(C)C)ccc1-c1nn(-c2ccccc2)cc1/C=C1\SC(=S)N(C)C1=O. The van der Waals surface area contributed by atoms with Crippen molar-refractivity contribution in [1.82, 2.24) is 14.7 Å². The van der Waals surface area contributed by atoms with Gasteiger partial charge in [-0.05, 0) is 54.8 Å². The number of likely N-dealkylation sites (N-methyl/N-ethyl adjacent to an activating group) is 1. The van der Waals surface area contributed by atoms with E-state index in [4.69, 9.17) is 22.1 Å². The second-order valence-electron chi connectivity index (χ2n) is 8.14. The van der Waals surface area contributed by atoms with Crippen molar-refractivity contribution >= 4 is 40.3 Å². The number of nitrogens with zero attached hydrogens (tertiary/aromatic N) is 3. The molecule has 0 aliphatic carbocycles. The monoisotopic (exact) mass is 463 g/mol. The minimum absolute atomic E-state index is 0.0902. The Morgan fingerprint density at radius 1 is 1.19 bits per heavy atom. The van der Waals surface area contributed by atoms with Gasteiger partial charge in [0.2, 0.25) is 0 Å². The maximum absolute atomic E-state index is 12.6. The molecule has 1 aromatic heterocycles. The van der Waals surface area contributed by atoms with Crippen LogP contribution in [0.2, 0.25) is 0 Å². The number of para-hydroxylation sites is 1. The van der Waals surface area contributed by atoms with Crippen LogP contribution < -0.4 is 4.74 Å². The highest BCUT2D eigenvalue weighted by Gasteiger charge is 2.29. The molecule has 0 bridgehead atoms. The van der Waals surface area contributed by atoms with E-state index in [1.165, 1.54) is 16.7 Å². The van der Waals surface area contributed by atoms with E-state index in [-0.39, 0.29) is 5.91 Å². The van der Waals surface area contributed by atoms with Crippen LogP contribution in [-0.2, 0) is 4.79 Å². The van der Waals surface area contributed by atoms with Crippen LogP contribution in [0.3, 0.4) is 0 Å². The number of thioether (sulfide) groups is 1. The third-order valence-corrected chi connectivity index (χ3v) is 6.56. The van der Waals surface area contributed by atoms with E-state index in [1.807, 2.05) is 65.5 Å². The van der Waals surface area contributed by atoms with E-state index in [0.29, 0.717) is 21.8 Å². The molecule has 5 nitrogen and oxygen atoms in total. The largest absolute Gasteiger partial charge is 0.493 e. The molecule has 1 amide bonds. The molecule has 32 heavy (non-hydrogen) atoms. The first-order chi connectivity index (χ1) is 15.3. The molecule has 4 rings (SSSR count). The standard InChI is InChI=1S/C25H25N3O2S2/c1-16(2)15-30-20-10-11-21(17(3)12-20)23-18(13-22-24(29)27(4)25(31)32-22)14-28(26-23)19-8-6-5-7-9-19/h5-14,16H,15H2,1-4H3/b22-13-. The van der Waals surface area contributed by atoms with E-state index >= 15 is 0 Å². The molecule has 0 saturated carbocycles. The molecule has 0 atom stereocenters. The molecular weight excluding hydrogens is 438 g/mol. The van der Waals surface area contributed by atoms with Crippen LogP contribution in [0, 0.1) is 12.8 Å². The molecule has 7 heteroatoms. The number of rotatable bonds is 6. The number of hydrogen-bond acceptors (Lipinski definition) is 5. The lowest BCUT2D eigenvalue weighted by atomic mass is 10.0. The highest BCUT2D eigenvalue weighted by atomic mass is 32.2. The number of carbonyl (C=O) groups is 1. The fourth-order valence-electron chi connectivity index (χ4n) is 3.36. The number of benzene rings is 2. The van der Waals surface area contributed by atoms with Crippen molar-refractivity contribution in [1.29, 1.82) is 0 Å². The number of aryl methyl sites for hydroxylation is 1. The molecular formula is C25H25N3O2S2. The van der Waals surface area contributed by atoms with Crippen LogP contribution >= 0.6 is 24.0 Å². The van der Waals surface area contributed by atoms with Crippen molar-refractivity contribution in [3.63, 3.8) is 0 Å². The fourth-order valence-corrected chi connectivity index (χ4v) is 4.53. The number of amides is 1. The summed E-state index contributed by atoms with van der Waals surface area (Å²) in [6, 6.07) is 16.0. The van der Waals surface area contributed by atoms with E-state index in [1.54, 1.807) is 7.05 Å². The van der Waals surface area contributed by atoms with Crippen molar-refractivity contribution < 1.29 is 9.53 Å². The molecule has 0 N–H and O–H groups in total. The van der Waals surface area contributed by atoms with Gasteiger partial charge in [0, 0.05) is 24.4 Å². The Bertz CT molecular complexity index is 1200. The van der Waals surface area contributed by atoms with E-state index in [0.717, 1.165) is 33.8 Å². The number of aromatic nitrogens is 2. The van der Waals surface area contributed by atoms with Gasteiger partial charge in [0.1, 0.15) is 15.8 Å². The van der Waals surface area contributed by atoms with Gasteiger partial charge < -0.3 is 4.74 Å². The topological polar surface area (TPSA) is 47.4 Å². The summed E-state index contributed by atoms with van der Waals surface area (Å²) in [5, 5.41) is 4.88. The second kappa shape index (κ2) is 9.30. The van der Waals surface area contributed by atoms with E-state index in [9.17, 15) is 4.79 Å². The van der Waals surface area contributed by atoms with Gasteiger partial charge in [-0.15, -0.1) is 0 Å². The van der Waals surface area contributed by atoms with Crippen LogP contribution in [-0.4, -0.2) is 38.6 Å². The lowest BCUT2D eigenvalue weighted by Crippen LogP contribution is -2.22. The predicted octanol–water partition coefficient (Wildman–Crippen LogP) is 5.71. The summed E-state index contributed by atoms with van der Waals surface area (Å²) in [6.45, 7) is 6.98. The highest BCUT2D eigenvalue weighted by molar-refractivity contribution is 8.26. The quantitative estimate of drug-likeness (QED) is 0.346. The Morgan fingerprint density at radius 2 is 1.94 bits per heavy atom. The zero-order chi connectivity index (χ0) is 22.8. The Kier molecular flexibility index (Phi) is 6.48. The summed E-state index contributed by atoms with van der Waals surface area (Å²) in [7, 11) is 1.70. The van der Waals surface area contributed by atoms with Crippen molar-refractivity contribution in [3.8, 4) is 22.7 Å². The van der Waals surface area contributed by atoms with Crippen LogP contribution in [0.15, 0.2) is 59.6 Å². The minimum atomic E-state index is -0.0902. The summed E-state index contributed by atoms with van der Waals surface area (Å²) in [6.07, 6.45) is 3.84. The van der Waals surface area contributed by atoms with Crippen molar-refractivity contribution in [2.45, 2.75) is 20.8 Å². The Hall–Kier alpha value is -2.90. The van der Waals surface area contributed by atoms with Crippen molar-refractivity contribution in [3.05, 3.63) is 70.8 Å². The molecule has 0 radical (unpaired) electrons. The molecule has 3 aromatic rings. The van der Waals surface area contributed by atoms with Crippen LogP contribution in [0.4, 0.5) is 0 Å². The molecule has 1 aliphatic rings. The van der Waals surface area contributed by atoms with Gasteiger partial charge in [0.25, 0.3) is 5.91 Å². The summed E-state index contributed by atoms with van der Waals surface area (Å²) >= 11 is 6.60. The van der Waals surface area contributed by atoms with Crippen LogP contribution in [0.1, 0.15) is 25.0 Å². The molecule has 164 valence electrons. The van der Waals surface area contributed by atoms with Crippen LogP contribution in [0.5, 0.6) is 5.75 Å². The summed E-state index contributed by atoms with van der Waals surface area (Å²) in [5.41, 5.74) is 4.67. The molecule has 0 unspecified atom stereocenters. The van der Waals surface area contributed by atoms with Gasteiger partial charge in [-0.1, -0.05) is 56.0 Å². The van der Waals surface area contributed by atoms with Gasteiger partial charge in [-0.3, -0.25) is 9.69 Å². The Morgan fingerprint density at radius 3 is 2.56 bits per heavy atom. The fraction of sp³-hybridized carbons (Fsp3) is 0.240. The summed E-state index contributed by atoms with van der Waals surface area (Å²) in [5.74, 6) is 1.21. The molecule has 2 aromatic carbocycles. The number of hydrogen-bond donors (Lipinski definition) is 0. The summed E-state index contributed by atoms with van der Waals surface area (Å²) < 4.78 is 8.28. The van der Waals surface area contributed by atoms with E-state index in [2.05, 4.69) is 20.8 Å². The molecule has 1 aliphatic heterocycles. The number of carbonyl (C=O) groups excluding carboxylic acids is 1. The van der Waals surface area contributed by atoms with Crippen molar-refractivity contribution in [2.24, 2.45) is 5.92 Å². The van der Waals surface area contributed by atoms with Gasteiger partial charge in [0.15, 0.2) is 0 Å². The van der Waals surface area contributed by atoms with E-state index < -0.39 is 0 Å². The Balaban J connectivity index is 1.78. The number of ether oxygens (including phenoxy) is 1. The summed E-state index contributed by atoms with van der Waals surface area (Å²) in [4.78, 5) is 14.7. The lowest BCUT2D eigenvalue weighted by molar-refractivity contribution is -0.121. The zero-order valence-corrected chi connectivity index (χ0v) is 20.2. The second-order valence-corrected chi connectivity index (χ2v) is 9.81. The molecule has 0 spiro atoms. The van der Waals surface area contributed by atoms with Gasteiger partial charge in [-0.2, -0.15) is 5.10 Å². The van der Waals surface area contributed by atoms with Gasteiger partial charge in [0.05, 0.1) is 17.2 Å². The first-order valence-electron chi connectivity index (χ1n) is 10.4. The highest BCUT2D eigenvalue weighted by Crippen LogP contribution is 2.35. The van der Waals surface area contributed by atoms with Gasteiger partial charge in [-0.25, -0.2) is 4.68 Å². The lowest BCUT2D eigenvalue weighted by Gasteiger charge is -2.11. The van der Waals surface area contributed by atoms with Crippen molar-refractivity contribution in [2.75, 3.05) is 13.7 Å². The first kappa shape index (κ1) is 22.3. The van der Waals surface area contributed by atoms with Crippen LogP contribution in [0.25, 0.3) is 23.0 Å². The molecule has 1 fully saturated rings.